The molecule has 0 saturated carbocycles. The zero-order valence-corrected chi connectivity index (χ0v) is 11.4. The van der Waals surface area contributed by atoms with E-state index in [1.807, 2.05) is 17.6 Å². The van der Waals surface area contributed by atoms with Gasteiger partial charge in [-0.1, -0.05) is 11.6 Å². The summed E-state index contributed by atoms with van der Waals surface area (Å²) in [6, 6.07) is 4.24. The van der Waals surface area contributed by atoms with Crippen LogP contribution in [0.3, 0.4) is 0 Å². The second kappa shape index (κ2) is 4.96. The molecule has 1 fully saturated rings. The Kier molecular flexibility index (Phi) is 3.10. The smallest absolute Gasteiger partial charge is 0.328 e. The minimum absolute atomic E-state index is 0.0488. The predicted octanol–water partition coefficient (Wildman–Crippen LogP) is 0.851. The van der Waals surface area contributed by atoms with Crippen molar-refractivity contribution in [3.63, 3.8) is 0 Å². The quantitative estimate of drug-likeness (QED) is 0.600. The number of carbonyl (C=O) groups is 3. The third kappa shape index (κ3) is 2.28. The van der Waals surface area contributed by atoms with Gasteiger partial charge in [-0.25, -0.2) is 4.79 Å². The van der Waals surface area contributed by atoms with Gasteiger partial charge in [0.05, 0.1) is 10.9 Å². The summed E-state index contributed by atoms with van der Waals surface area (Å²) in [6.07, 6.45) is 2.27. The van der Waals surface area contributed by atoms with Gasteiger partial charge in [0.25, 0.3) is 11.8 Å². The number of urea groups is 1. The molecule has 1 aromatic carbocycles. The van der Waals surface area contributed by atoms with Crippen LogP contribution in [-0.2, 0) is 9.59 Å². The molecule has 2 N–H and O–H groups in total. The zero-order chi connectivity index (χ0) is 15.9. The van der Waals surface area contributed by atoms with Crippen LogP contribution < -0.4 is 16.1 Å². The summed E-state index contributed by atoms with van der Waals surface area (Å²) >= 11 is 0. The summed E-state index contributed by atoms with van der Waals surface area (Å²) in [5.74, 6) is -1.73. The first-order valence-electron chi connectivity index (χ1n) is 6.36. The third-order valence-electron chi connectivity index (χ3n) is 3.20. The molecule has 2 aromatic rings. The van der Waals surface area contributed by atoms with E-state index in [4.69, 9.17) is 4.42 Å². The number of hydrogen-bond donors (Lipinski definition) is 2. The highest BCUT2D eigenvalue weighted by Crippen LogP contribution is 2.15. The molecule has 0 bridgehead atoms. The van der Waals surface area contributed by atoms with Gasteiger partial charge in [0.1, 0.15) is 17.4 Å². The lowest BCUT2D eigenvalue weighted by Crippen LogP contribution is -2.51. The Morgan fingerprint density at radius 2 is 1.73 bits per heavy atom. The second-order valence-electron chi connectivity index (χ2n) is 4.82. The van der Waals surface area contributed by atoms with E-state index in [2.05, 4.69) is 0 Å². The summed E-state index contributed by atoms with van der Waals surface area (Å²) in [6.45, 7) is 1.83. The van der Waals surface area contributed by atoms with Crippen molar-refractivity contribution in [3.05, 3.63) is 51.4 Å². The van der Waals surface area contributed by atoms with Crippen LogP contribution in [0.15, 0.2) is 39.2 Å². The molecule has 0 unspecified atom stereocenters. The number of rotatable bonds is 1. The molecule has 1 aromatic heterocycles. The van der Waals surface area contributed by atoms with Gasteiger partial charge in [-0.05, 0) is 25.1 Å². The molecule has 1 aliphatic heterocycles. The van der Waals surface area contributed by atoms with Crippen molar-refractivity contribution in [2.24, 2.45) is 0 Å². The molecule has 0 aliphatic carbocycles. The molecule has 22 heavy (non-hydrogen) atoms. The number of imide groups is 2. The highest BCUT2D eigenvalue weighted by Gasteiger charge is 2.28. The number of nitrogens with one attached hydrogen (secondary N) is 2. The lowest BCUT2D eigenvalue weighted by atomic mass is 10.1. The predicted molar refractivity (Wildman–Crippen MR) is 76.9 cm³/mol. The van der Waals surface area contributed by atoms with Crippen molar-refractivity contribution in [2.75, 3.05) is 0 Å². The topological polar surface area (TPSA) is 105 Å². The summed E-state index contributed by atoms with van der Waals surface area (Å²) < 4.78 is 5.34. The Bertz CT molecular complexity index is 901. The standard InChI is InChI=1S/C15H10N2O5/c1-7-2-3-11-9(4-7)12(18)8(6-22-11)5-10-13(19)16-15(21)17-14(10)20/h2-6H,1H3,(H2,16,17,19,20,21). The van der Waals surface area contributed by atoms with Crippen LogP contribution in [0.4, 0.5) is 4.79 Å². The van der Waals surface area contributed by atoms with Crippen molar-refractivity contribution in [1.82, 2.24) is 10.6 Å². The van der Waals surface area contributed by atoms with Crippen LogP contribution in [-0.4, -0.2) is 17.8 Å². The van der Waals surface area contributed by atoms with Crippen molar-refractivity contribution < 1.29 is 18.8 Å². The zero-order valence-electron chi connectivity index (χ0n) is 11.4. The van der Waals surface area contributed by atoms with Gasteiger partial charge >= 0.3 is 6.03 Å². The van der Waals surface area contributed by atoms with E-state index >= 15 is 0 Å². The molecular formula is C15H10N2O5. The average Bonchev–Trinajstić information content (AvgIpc) is 2.45. The molecule has 1 aliphatic rings. The molecule has 3 rings (SSSR count). The SMILES string of the molecule is Cc1ccc2occ(C=C3C(=O)NC(=O)NC3=O)c(=O)c2c1. The van der Waals surface area contributed by atoms with Gasteiger partial charge in [-0.3, -0.25) is 25.0 Å². The van der Waals surface area contributed by atoms with E-state index in [0.29, 0.717) is 11.0 Å². The van der Waals surface area contributed by atoms with E-state index in [9.17, 15) is 19.2 Å². The monoisotopic (exact) mass is 298 g/mol. The molecule has 7 heteroatoms. The molecule has 0 atom stereocenters. The van der Waals surface area contributed by atoms with Gasteiger partial charge < -0.3 is 4.42 Å². The minimum Gasteiger partial charge on any atom is -0.463 e. The number of benzene rings is 1. The van der Waals surface area contributed by atoms with Crippen LogP contribution in [0.25, 0.3) is 17.0 Å². The van der Waals surface area contributed by atoms with Gasteiger partial charge in [0, 0.05) is 0 Å². The molecule has 7 nitrogen and oxygen atoms in total. The fourth-order valence-corrected chi connectivity index (χ4v) is 2.12. The maximum absolute atomic E-state index is 12.4. The van der Waals surface area contributed by atoms with E-state index in [1.165, 1.54) is 6.26 Å². The number of hydrogen-bond acceptors (Lipinski definition) is 5. The van der Waals surface area contributed by atoms with Crippen LogP contribution in [0.2, 0.25) is 0 Å². The fraction of sp³-hybridized carbons (Fsp3) is 0.0667. The first-order chi connectivity index (χ1) is 10.5. The maximum atomic E-state index is 12.4. The number of carbonyl (C=O) groups excluding carboxylic acids is 3. The first kappa shape index (κ1) is 13.7. The molecule has 110 valence electrons. The Morgan fingerprint density at radius 1 is 1.05 bits per heavy atom. The minimum atomic E-state index is -0.895. The normalized spacial score (nSPS) is 14.8. The largest absolute Gasteiger partial charge is 0.463 e. The maximum Gasteiger partial charge on any atom is 0.328 e. The molecule has 0 radical (unpaired) electrons. The fourth-order valence-electron chi connectivity index (χ4n) is 2.12. The summed E-state index contributed by atoms with van der Waals surface area (Å²) in [4.78, 5) is 46.7. The van der Waals surface area contributed by atoms with Gasteiger partial charge in [-0.15, -0.1) is 0 Å². The van der Waals surface area contributed by atoms with Crippen molar-refractivity contribution >= 4 is 34.9 Å². The van der Waals surface area contributed by atoms with Gasteiger partial charge in [0.15, 0.2) is 5.43 Å². The van der Waals surface area contributed by atoms with Crippen molar-refractivity contribution in [1.29, 1.82) is 0 Å². The van der Waals surface area contributed by atoms with E-state index in [1.54, 1.807) is 18.2 Å². The number of barbiturate groups is 1. The van der Waals surface area contributed by atoms with Crippen molar-refractivity contribution in [3.8, 4) is 0 Å². The van der Waals surface area contributed by atoms with E-state index in [0.717, 1.165) is 11.6 Å². The Labute approximate surface area is 123 Å². The Balaban J connectivity index is 2.15. The molecule has 4 amide bonds. The van der Waals surface area contributed by atoms with Gasteiger partial charge in [0.2, 0.25) is 0 Å². The Morgan fingerprint density at radius 3 is 2.41 bits per heavy atom. The highest BCUT2D eigenvalue weighted by atomic mass is 16.3. The molecule has 0 spiro atoms. The molecular weight excluding hydrogens is 288 g/mol. The van der Waals surface area contributed by atoms with Crippen LogP contribution in [0.1, 0.15) is 11.1 Å². The third-order valence-corrected chi connectivity index (χ3v) is 3.20. The summed E-state index contributed by atoms with van der Waals surface area (Å²) in [5.41, 5.74) is 0.635. The van der Waals surface area contributed by atoms with Crippen LogP contribution >= 0.6 is 0 Å². The molecule has 1 saturated heterocycles. The van der Waals surface area contributed by atoms with E-state index in [-0.39, 0.29) is 16.6 Å². The van der Waals surface area contributed by atoms with E-state index < -0.39 is 17.8 Å². The lowest BCUT2D eigenvalue weighted by Gasteiger charge is -2.13. The highest BCUT2D eigenvalue weighted by molar-refractivity contribution is 6.31. The number of aryl methyl sites for hydroxylation is 1. The van der Waals surface area contributed by atoms with Crippen LogP contribution in [0, 0.1) is 6.92 Å². The average molecular weight is 298 g/mol. The van der Waals surface area contributed by atoms with Crippen molar-refractivity contribution in [2.45, 2.75) is 6.92 Å². The number of amides is 4. The van der Waals surface area contributed by atoms with Crippen LogP contribution in [0.5, 0.6) is 0 Å². The summed E-state index contributed by atoms with van der Waals surface area (Å²) in [5, 5.41) is 4.22. The second-order valence-corrected chi connectivity index (χ2v) is 4.82. The first-order valence-corrected chi connectivity index (χ1v) is 6.36. The Hall–Kier alpha value is -3.22. The lowest BCUT2D eigenvalue weighted by molar-refractivity contribution is -0.123. The number of fused-ring (bicyclic) bond motifs is 1. The summed E-state index contributed by atoms with van der Waals surface area (Å²) in [7, 11) is 0. The van der Waals surface area contributed by atoms with Gasteiger partial charge in [-0.2, -0.15) is 0 Å². The molecule has 2 heterocycles.